The minimum Gasteiger partial charge on any atom is -0.461 e. The van der Waals surface area contributed by atoms with Crippen molar-refractivity contribution >= 4 is 38.6 Å². The summed E-state index contributed by atoms with van der Waals surface area (Å²) in [5.41, 5.74) is 2.93. The van der Waals surface area contributed by atoms with Gasteiger partial charge < -0.3 is 9.72 Å². The fourth-order valence-corrected chi connectivity index (χ4v) is 4.77. The molecule has 7 nitrogen and oxygen atoms in total. The molecule has 0 aliphatic rings. The molecule has 0 spiro atoms. The highest BCUT2D eigenvalue weighted by molar-refractivity contribution is 7.20. The zero-order valence-corrected chi connectivity index (χ0v) is 18.0. The number of rotatable bonds is 6. The van der Waals surface area contributed by atoms with Crippen LogP contribution in [0.25, 0.3) is 26.9 Å². The number of imidazole rings is 1. The monoisotopic (exact) mass is 450 g/mol. The van der Waals surface area contributed by atoms with E-state index in [1.54, 1.807) is 27.4 Å². The quantitative estimate of drug-likeness (QED) is 0.307. The van der Waals surface area contributed by atoms with Gasteiger partial charge in [0.2, 0.25) is 0 Å². The lowest BCUT2D eigenvalue weighted by atomic mass is 10.3. The molecular weight excluding hydrogens is 431 g/mol. The first-order valence-electron chi connectivity index (χ1n) is 10.1. The predicted octanol–water partition coefficient (Wildman–Crippen LogP) is 4.42. The molecule has 0 bridgehead atoms. The second kappa shape index (κ2) is 8.08. The van der Waals surface area contributed by atoms with Crippen molar-refractivity contribution < 1.29 is 13.9 Å². The van der Waals surface area contributed by atoms with Crippen LogP contribution in [0.1, 0.15) is 21.8 Å². The van der Waals surface area contributed by atoms with Gasteiger partial charge in [0.15, 0.2) is 0 Å². The predicted molar refractivity (Wildman–Crippen MR) is 121 cm³/mol. The fourth-order valence-electron chi connectivity index (χ4n) is 3.69. The molecule has 0 saturated heterocycles. The number of esters is 1. The third kappa shape index (κ3) is 3.60. The molecule has 5 rings (SSSR count). The molecule has 0 aliphatic heterocycles. The average Bonchev–Trinajstić information content (AvgIpc) is 3.45. The molecule has 5 aromatic rings. The van der Waals surface area contributed by atoms with Gasteiger partial charge >= 0.3 is 11.7 Å². The third-order valence-electron chi connectivity index (χ3n) is 5.26. The molecule has 0 atom stereocenters. The van der Waals surface area contributed by atoms with Gasteiger partial charge in [-0.15, -0.1) is 11.3 Å². The molecule has 0 amide bonds. The Labute approximate surface area is 185 Å². The number of thiophene rings is 1. The number of carbonyl (C=O) groups is 1. The van der Waals surface area contributed by atoms with Crippen molar-refractivity contribution in [1.82, 2.24) is 19.3 Å². The van der Waals surface area contributed by atoms with E-state index in [1.165, 1.54) is 23.5 Å². The Bertz CT molecular complexity index is 1490. The Morgan fingerprint density at radius 3 is 2.78 bits per heavy atom. The maximum absolute atomic E-state index is 13.3. The number of H-pyrrole nitrogens is 1. The van der Waals surface area contributed by atoms with Crippen molar-refractivity contribution in [1.29, 1.82) is 0 Å². The largest absolute Gasteiger partial charge is 0.461 e. The summed E-state index contributed by atoms with van der Waals surface area (Å²) in [4.78, 5) is 28.8. The van der Waals surface area contributed by atoms with E-state index in [4.69, 9.17) is 4.74 Å². The van der Waals surface area contributed by atoms with Crippen LogP contribution in [0, 0.1) is 12.7 Å². The molecular formula is C23H19FN4O3S. The summed E-state index contributed by atoms with van der Waals surface area (Å²) in [5.74, 6) is -0.734. The van der Waals surface area contributed by atoms with E-state index in [0.717, 1.165) is 32.6 Å². The molecule has 0 saturated carbocycles. The first-order chi connectivity index (χ1) is 15.5. The highest BCUT2D eigenvalue weighted by Crippen LogP contribution is 2.31. The van der Waals surface area contributed by atoms with E-state index in [1.807, 2.05) is 31.2 Å². The summed E-state index contributed by atoms with van der Waals surface area (Å²) in [5, 5.41) is 5.36. The first kappa shape index (κ1) is 20.2. The Balaban J connectivity index is 1.28. The molecule has 162 valence electrons. The van der Waals surface area contributed by atoms with Crippen molar-refractivity contribution in [2.45, 2.75) is 19.9 Å². The molecule has 0 radical (unpaired) electrons. The number of aromatic amines is 1. The molecule has 9 heteroatoms. The maximum atomic E-state index is 13.3. The van der Waals surface area contributed by atoms with Crippen molar-refractivity contribution in [2.75, 3.05) is 6.61 Å². The number of nitrogens with zero attached hydrogens (tertiary/aromatic N) is 3. The molecule has 2 aromatic carbocycles. The van der Waals surface area contributed by atoms with Crippen LogP contribution >= 0.6 is 11.3 Å². The van der Waals surface area contributed by atoms with Gasteiger partial charge in [0, 0.05) is 11.9 Å². The lowest BCUT2D eigenvalue weighted by Crippen LogP contribution is -2.18. The van der Waals surface area contributed by atoms with Crippen LogP contribution in [0.5, 0.6) is 0 Å². The molecule has 3 aromatic heterocycles. The summed E-state index contributed by atoms with van der Waals surface area (Å²) in [6.45, 7) is 2.51. The van der Waals surface area contributed by atoms with Gasteiger partial charge in [-0.1, -0.05) is 12.1 Å². The number of para-hydroxylation sites is 2. The molecule has 1 N–H and O–H groups in total. The smallest absolute Gasteiger partial charge is 0.348 e. The van der Waals surface area contributed by atoms with E-state index >= 15 is 0 Å². The molecule has 0 fully saturated rings. The van der Waals surface area contributed by atoms with Gasteiger partial charge in [0.05, 0.1) is 29.0 Å². The van der Waals surface area contributed by atoms with Crippen molar-refractivity contribution in [3.05, 3.63) is 81.5 Å². The lowest BCUT2D eigenvalue weighted by molar-refractivity contribution is 0.0502. The van der Waals surface area contributed by atoms with Crippen LogP contribution in [0.2, 0.25) is 0 Å². The SMILES string of the molecule is Cc1nn(-c2ccc(F)cc2)c2sc(C(=O)OCCCn3c(=O)[nH]c4ccccc43)cc12. The van der Waals surface area contributed by atoms with Crippen LogP contribution in [-0.2, 0) is 11.3 Å². The third-order valence-corrected chi connectivity index (χ3v) is 6.35. The number of benzene rings is 2. The molecule has 3 heterocycles. The van der Waals surface area contributed by atoms with E-state index in [0.29, 0.717) is 17.8 Å². The summed E-state index contributed by atoms with van der Waals surface area (Å²) < 4.78 is 22.0. The lowest BCUT2D eigenvalue weighted by Gasteiger charge is -2.05. The van der Waals surface area contributed by atoms with E-state index < -0.39 is 5.97 Å². The van der Waals surface area contributed by atoms with E-state index in [2.05, 4.69) is 10.1 Å². The summed E-state index contributed by atoms with van der Waals surface area (Å²) in [6, 6.07) is 15.3. The molecule has 0 aliphatic carbocycles. The van der Waals surface area contributed by atoms with Crippen LogP contribution in [0.3, 0.4) is 0 Å². The van der Waals surface area contributed by atoms with Crippen molar-refractivity contribution in [3.8, 4) is 5.69 Å². The number of carbonyl (C=O) groups excluding carboxylic acids is 1. The number of ether oxygens (including phenoxy) is 1. The number of nitrogens with one attached hydrogen (secondary N) is 1. The number of aromatic nitrogens is 4. The number of aryl methyl sites for hydroxylation is 2. The zero-order chi connectivity index (χ0) is 22.2. The van der Waals surface area contributed by atoms with Crippen LogP contribution in [-0.4, -0.2) is 31.9 Å². The molecule has 0 unspecified atom stereocenters. The minimum absolute atomic E-state index is 0.178. The van der Waals surface area contributed by atoms with Crippen LogP contribution in [0.4, 0.5) is 4.39 Å². The second-order valence-electron chi connectivity index (χ2n) is 7.39. The number of hydrogen-bond acceptors (Lipinski definition) is 5. The van der Waals surface area contributed by atoms with Gasteiger partial charge in [-0.2, -0.15) is 5.10 Å². The molecule has 32 heavy (non-hydrogen) atoms. The van der Waals surface area contributed by atoms with Gasteiger partial charge in [0.1, 0.15) is 15.5 Å². The van der Waals surface area contributed by atoms with Crippen molar-refractivity contribution in [2.24, 2.45) is 0 Å². The number of hydrogen-bond donors (Lipinski definition) is 1. The Morgan fingerprint density at radius 2 is 1.97 bits per heavy atom. The minimum atomic E-state index is -0.414. The zero-order valence-electron chi connectivity index (χ0n) is 17.2. The van der Waals surface area contributed by atoms with E-state index in [9.17, 15) is 14.0 Å². The summed E-state index contributed by atoms with van der Waals surface area (Å²) in [7, 11) is 0. The van der Waals surface area contributed by atoms with Crippen molar-refractivity contribution in [3.63, 3.8) is 0 Å². The Hall–Kier alpha value is -3.72. The van der Waals surface area contributed by atoms with Gasteiger partial charge in [-0.25, -0.2) is 18.7 Å². The summed E-state index contributed by atoms with van der Waals surface area (Å²) >= 11 is 1.28. The second-order valence-corrected chi connectivity index (χ2v) is 8.42. The van der Waals surface area contributed by atoms with Gasteiger partial charge in [0.25, 0.3) is 0 Å². The fraction of sp³-hybridized carbons (Fsp3) is 0.174. The maximum Gasteiger partial charge on any atom is 0.348 e. The Morgan fingerprint density at radius 1 is 1.19 bits per heavy atom. The topological polar surface area (TPSA) is 81.9 Å². The van der Waals surface area contributed by atoms with Gasteiger partial charge in [-0.05, 0) is 55.8 Å². The Kier molecular flexibility index (Phi) is 5.10. The normalized spacial score (nSPS) is 11.4. The van der Waals surface area contributed by atoms with Crippen LogP contribution < -0.4 is 5.69 Å². The summed E-state index contributed by atoms with van der Waals surface area (Å²) in [6.07, 6.45) is 0.515. The first-order valence-corrected chi connectivity index (χ1v) is 10.9. The number of halogens is 1. The van der Waals surface area contributed by atoms with E-state index in [-0.39, 0.29) is 18.1 Å². The highest BCUT2D eigenvalue weighted by Gasteiger charge is 2.18. The van der Waals surface area contributed by atoms with Gasteiger partial charge in [-0.3, -0.25) is 4.57 Å². The number of fused-ring (bicyclic) bond motifs is 2. The average molecular weight is 450 g/mol. The standard InChI is InChI=1S/C23H19FN4O3S/c1-14-17-13-20(32-21(17)28(26-14)16-9-7-15(24)8-10-16)22(29)31-12-4-11-27-19-6-3-2-5-18(19)25-23(27)30/h2-3,5-10,13H,4,11-12H2,1H3,(H,25,30). The highest BCUT2D eigenvalue weighted by atomic mass is 32.1. The van der Waals surface area contributed by atoms with Crippen LogP contribution in [0.15, 0.2) is 59.4 Å².